The maximum Gasteiger partial charge on any atom is 0.234 e. The van der Waals surface area contributed by atoms with Crippen molar-refractivity contribution in [3.8, 4) is 11.4 Å². The summed E-state index contributed by atoms with van der Waals surface area (Å²) in [7, 11) is 0. The number of nitrogens with zero attached hydrogens (tertiary/aromatic N) is 5. The summed E-state index contributed by atoms with van der Waals surface area (Å²) in [6.45, 7) is 3.05. The lowest BCUT2D eigenvalue weighted by molar-refractivity contribution is -0.122. The third-order valence-corrected chi connectivity index (χ3v) is 4.44. The van der Waals surface area contributed by atoms with Crippen molar-refractivity contribution in [2.75, 3.05) is 13.1 Å². The van der Waals surface area contributed by atoms with Gasteiger partial charge in [0.15, 0.2) is 5.82 Å². The summed E-state index contributed by atoms with van der Waals surface area (Å²) in [5.41, 5.74) is 2.06. The minimum atomic E-state index is 0.00472. The van der Waals surface area contributed by atoms with Crippen LogP contribution in [0.15, 0.2) is 54.9 Å². The summed E-state index contributed by atoms with van der Waals surface area (Å²) in [4.78, 5) is 18.4. The second kappa shape index (κ2) is 7.45. The first-order chi connectivity index (χ1) is 12.8. The Morgan fingerprint density at radius 3 is 2.77 bits per heavy atom. The average Bonchev–Trinajstić information content (AvgIpc) is 3.11. The zero-order valence-electron chi connectivity index (χ0n) is 14.4. The molecule has 0 spiro atoms. The van der Waals surface area contributed by atoms with E-state index in [4.69, 9.17) is 0 Å². The highest BCUT2D eigenvalue weighted by molar-refractivity contribution is 5.78. The van der Waals surface area contributed by atoms with Crippen LogP contribution in [-0.2, 0) is 24.4 Å². The van der Waals surface area contributed by atoms with Crippen LogP contribution in [0.25, 0.3) is 11.4 Å². The molecule has 7 heteroatoms. The first-order valence-electron chi connectivity index (χ1n) is 8.65. The molecule has 1 N–H and O–H groups in total. The maximum absolute atomic E-state index is 12.2. The van der Waals surface area contributed by atoms with Crippen molar-refractivity contribution in [1.82, 2.24) is 30.0 Å². The Morgan fingerprint density at radius 2 is 1.96 bits per heavy atom. The lowest BCUT2D eigenvalue weighted by Crippen LogP contribution is -2.41. The minimum Gasteiger partial charge on any atom is -0.351 e. The number of benzene rings is 1. The van der Waals surface area contributed by atoms with E-state index in [0.717, 1.165) is 35.9 Å². The van der Waals surface area contributed by atoms with Gasteiger partial charge in [0.2, 0.25) is 5.91 Å². The topological polar surface area (TPSA) is 75.9 Å². The lowest BCUT2D eigenvalue weighted by Gasteiger charge is -2.27. The van der Waals surface area contributed by atoms with Crippen LogP contribution in [-0.4, -0.2) is 43.6 Å². The fourth-order valence-corrected chi connectivity index (χ4v) is 3.11. The molecular formula is C19H20N6O. The van der Waals surface area contributed by atoms with E-state index in [1.54, 1.807) is 12.4 Å². The standard InChI is InChI=1S/C19H20N6O/c26-18(21-12-15-5-4-8-20-11-15)14-24-9-10-25-17(13-24)22-23-19(25)16-6-2-1-3-7-16/h1-8,11H,9-10,12-14H2,(H,21,26). The van der Waals surface area contributed by atoms with Gasteiger partial charge in [0, 0.05) is 37.6 Å². The van der Waals surface area contributed by atoms with Crippen molar-refractivity contribution < 1.29 is 4.79 Å². The summed E-state index contributed by atoms with van der Waals surface area (Å²) < 4.78 is 2.14. The molecule has 0 radical (unpaired) electrons. The van der Waals surface area contributed by atoms with Gasteiger partial charge in [0.25, 0.3) is 0 Å². The highest BCUT2D eigenvalue weighted by atomic mass is 16.2. The van der Waals surface area contributed by atoms with Gasteiger partial charge in [-0.2, -0.15) is 0 Å². The van der Waals surface area contributed by atoms with E-state index in [0.29, 0.717) is 19.6 Å². The zero-order valence-corrected chi connectivity index (χ0v) is 14.4. The molecule has 0 bridgehead atoms. The molecule has 132 valence electrons. The van der Waals surface area contributed by atoms with Gasteiger partial charge >= 0.3 is 0 Å². The fourth-order valence-electron chi connectivity index (χ4n) is 3.11. The Morgan fingerprint density at radius 1 is 1.08 bits per heavy atom. The first kappa shape index (κ1) is 16.4. The molecule has 7 nitrogen and oxygen atoms in total. The first-order valence-corrected chi connectivity index (χ1v) is 8.65. The van der Waals surface area contributed by atoms with Crippen LogP contribution >= 0.6 is 0 Å². The van der Waals surface area contributed by atoms with Crippen LogP contribution in [0.1, 0.15) is 11.4 Å². The SMILES string of the molecule is O=C(CN1CCn2c(nnc2-c2ccccc2)C1)NCc1cccnc1. The second-order valence-electron chi connectivity index (χ2n) is 6.31. The van der Waals surface area contributed by atoms with Crippen molar-refractivity contribution in [3.05, 3.63) is 66.2 Å². The minimum absolute atomic E-state index is 0.00472. The van der Waals surface area contributed by atoms with Gasteiger partial charge in [0.05, 0.1) is 13.1 Å². The van der Waals surface area contributed by atoms with E-state index >= 15 is 0 Å². The van der Waals surface area contributed by atoms with Gasteiger partial charge in [0.1, 0.15) is 5.82 Å². The summed E-state index contributed by atoms with van der Waals surface area (Å²) in [6.07, 6.45) is 3.48. The number of aromatic nitrogens is 4. The molecule has 26 heavy (non-hydrogen) atoms. The third kappa shape index (κ3) is 3.62. The van der Waals surface area contributed by atoms with Crippen molar-refractivity contribution in [1.29, 1.82) is 0 Å². The predicted molar refractivity (Wildman–Crippen MR) is 96.8 cm³/mol. The van der Waals surface area contributed by atoms with Crippen LogP contribution in [0.3, 0.4) is 0 Å². The smallest absolute Gasteiger partial charge is 0.234 e. The number of fused-ring (bicyclic) bond motifs is 1. The Hall–Kier alpha value is -3.06. The normalized spacial score (nSPS) is 14.0. The number of rotatable bonds is 5. The molecule has 0 aliphatic carbocycles. The third-order valence-electron chi connectivity index (χ3n) is 4.44. The van der Waals surface area contributed by atoms with Crippen LogP contribution in [0.2, 0.25) is 0 Å². The van der Waals surface area contributed by atoms with Crippen LogP contribution in [0, 0.1) is 0 Å². The van der Waals surface area contributed by atoms with E-state index in [2.05, 4.69) is 30.0 Å². The van der Waals surface area contributed by atoms with E-state index in [1.165, 1.54) is 0 Å². The Bertz CT molecular complexity index is 878. The number of carbonyl (C=O) groups excluding carboxylic acids is 1. The summed E-state index contributed by atoms with van der Waals surface area (Å²) >= 11 is 0. The zero-order chi connectivity index (χ0) is 17.8. The van der Waals surface area contributed by atoms with Crippen molar-refractivity contribution in [2.24, 2.45) is 0 Å². The van der Waals surface area contributed by atoms with Gasteiger partial charge in [-0.15, -0.1) is 10.2 Å². The van der Waals surface area contributed by atoms with Gasteiger partial charge in [-0.3, -0.25) is 14.7 Å². The fraction of sp³-hybridized carbons (Fsp3) is 0.263. The van der Waals surface area contributed by atoms with Crippen molar-refractivity contribution >= 4 is 5.91 Å². The van der Waals surface area contributed by atoms with E-state index in [9.17, 15) is 4.79 Å². The number of hydrogen-bond donors (Lipinski definition) is 1. The molecule has 0 saturated heterocycles. The Labute approximate surface area is 151 Å². The molecule has 0 saturated carbocycles. The predicted octanol–water partition coefficient (Wildman–Crippen LogP) is 1.47. The summed E-state index contributed by atoms with van der Waals surface area (Å²) in [5, 5.41) is 11.6. The molecular weight excluding hydrogens is 328 g/mol. The quantitative estimate of drug-likeness (QED) is 0.756. The van der Waals surface area contributed by atoms with Crippen LogP contribution < -0.4 is 5.32 Å². The monoisotopic (exact) mass is 348 g/mol. The Balaban J connectivity index is 1.35. The summed E-state index contributed by atoms with van der Waals surface area (Å²) in [6, 6.07) is 13.9. The number of carbonyl (C=O) groups is 1. The molecule has 2 aromatic heterocycles. The molecule has 1 aliphatic heterocycles. The van der Waals surface area contributed by atoms with Gasteiger partial charge in [-0.1, -0.05) is 36.4 Å². The molecule has 0 fully saturated rings. The number of amides is 1. The molecule has 4 rings (SSSR count). The molecule has 1 amide bonds. The van der Waals surface area contributed by atoms with Gasteiger partial charge in [-0.05, 0) is 11.6 Å². The van der Waals surface area contributed by atoms with E-state index < -0.39 is 0 Å². The van der Waals surface area contributed by atoms with Gasteiger partial charge < -0.3 is 9.88 Å². The van der Waals surface area contributed by atoms with Crippen molar-refractivity contribution in [3.63, 3.8) is 0 Å². The second-order valence-corrected chi connectivity index (χ2v) is 6.31. The summed E-state index contributed by atoms with van der Waals surface area (Å²) in [5.74, 6) is 1.79. The maximum atomic E-state index is 12.2. The van der Waals surface area contributed by atoms with Gasteiger partial charge in [-0.25, -0.2) is 0 Å². The molecule has 1 aliphatic rings. The molecule has 0 unspecified atom stereocenters. The Kier molecular flexibility index (Phi) is 4.70. The molecule has 3 aromatic rings. The van der Waals surface area contributed by atoms with E-state index in [1.807, 2.05) is 42.5 Å². The van der Waals surface area contributed by atoms with Crippen molar-refractivity contribution in [2.45, 2.75) is 19.6 Å². The number of hydrogen-bond acceptors (Lipinski definition) is 5. The molecule has 0 atom stereocenters. The number of nitrogens with one attached hydrogen (secondary N) is 1. The lowest BCUT2D eigenvalue weighted by atomic mass is 10.2. The molecule has 1 aromatic carbocycles. The molecule has 3 heterocycles. The highest BCUT2D eigenvalue weighted by Gasteiger charge is 2.23. The largest absolute Gasteiger partial charge is 0.351 e. The average molecular weight is 348 g/mol. The highest BCUT2D eigenvalue weighted by Crippen LogP contribution is 2.21. The van der Waals surface area contributed by atoms with E-state index in [-0.39, 0.29) is 5.91 Å². The van der Waals surface area contributed by atoms with Crippen LogP contribution in [0.5, 0.6) is 0 Å². The number of pyridine rings is 1. The van der Waals surface area contributed by atoms with Crippen LogP contribution in [0.4, 0.5) is 0 Å².